The minimum absolute atomic E-state index is 0.0676. The van der Waals surface area contributed by atoms with E-state index >= 15 is 0 Å². The van der Waals surface area contributed by atoms with Crippen LogP contribution in [0, 0.1) is 29.6 Å². The van der Waals surface area contributed by atoms with E-state index in [0.717, 1.165) is 11.6 Å². The average Bonchev–Trinajstić information content (AvgIpc) is 3.17. The molecular weight excluding hydrogens is 419 g/mol. The van der Waals surface area contributed by atoms with Crippen molar-refractivity contribution in [3.8, 4) is 6.07 Å². The molecular formula is C24H24F3N3O2. The van der Waals surface area contributed by atoms with Crippen molar-refractivity contribution in [2.75, 3.05) is 37.7 Å². The van der Waals surface area contributed by atoms with Crippen molar-refractivity contribution in [3.63, 3.8) is 0 Å². The van der Waals surface area contributed by atoms with E-state index in [-0.39, 0.29) is 18.4 Å². The number of piperidine rings is 1. The monoisotopic (exact) mass is 443 g/mol. The van der Waals surface area contributed by atoms with Crippen LogP contribution in [0.15, 0.2) is 42.5 Å². The second-order valence-corrected chi connectivity index (χ2v) is 8.82. The van der Waals surface area contributed by atoms with E-state index in [1.54, 1.807) is 17.0 Å². The number of fused-ring (bicyclic) bond motifs is 1. The number of amides is 1. The Bertz CT molecular complexity index is 1080. The first-order chi connectivity index (χ1) is 15.2. The number of aliphatic hydroxyl groups is 1. The average molecular weight is 443 g/mol. The lowest BCUT2D eigenvalue weighted by atomic mass is 9.74. The molecule has 0 unspecified atom stereocenters. The van der Waals surface area contributed by atoms with E-state index in [0.29, 0.717) is 43.9 Å². The zero-order valence-corrected chi connectivity index (χ0v) is 17.7. The van der Waals surface area contributed by atoms with Gasteiger partial charge in [-0.25, -0.2) is 0 Å². The van der Waals surface area contributed by atoms with Crippen molar-refractivity contribution in [2.24, 2.45) is 11.3 Å². The molecule has 2 heterocycles. The van der Waals surface area contributed by atoms with Crippen LogP contribution in [0.4, 0.5) is 18.9 Å². The van der Waals surface area contributed by atoms with Gasteiger partial charge in [-0.15, -0.1) is 0 Å². The molecule has 0 saturated carbocycles. The molecule has 2 aliphatic heterocycles. The quantitative estimate of drug-likeness (QED) is 0.783. The van der Waals surface area contributed by atoms with Gasteiger partial charge in [-0.05, 0) is 49.6 Å². The van der Waals surface area contributed by atoms with Crippen molar-refractivity contribution in [2.45, 2.75) is 19.5 Å². The van der Waals surface area contributed by atoms with Crippen LogP contribution in [0.3, 0.4) is 0 Å². The molecule has 0 aromatic heterocycles. The zero-order valence-electron chi connectivity index (χ0n) is 17.7. The van der Waals surface area contributed by atoms with Crippen LogP contribution in [-0.4, -0.2) is 48.7 Å². The van der Waals surface area contributed by atoms with Gasteiger partial charge in [0, 0.05) is 42.8 Å². The van der Waals surface area contributed by atoms with E-state index in [4.69, 9.17) is 5.26 Å². The lowest BCUT2D eigenvalue weighted by molar-refractivity contribution is -0.137. The first-order valence-corrected chi connectivity index (χ1v) is 10.5. The molecule has 0 spiro atoms. The van der Waals surface area contributed by atoms with Gasteiger partial charge in [0.15, 0.2) is 0 Å². The van der Waals surface area contributed by atoms with E-state index in [9.17, 15) is 23.1 Å². The highest BCUT2D eigenvalue weighted by Gasteiger charge is 2.51. The van der Waals surface area contributed by atoms with Gasteiger partial charge in [0.25, 0.3) is 5.91 Å². The summed E-state index contributed by atoms with van der Waals surface area (Å²) in [6, 6.07) is 12.7. The van der Waals surface area contributed by atoms with Crippen molar-refractivity contribution >= 4 is 11.6 Å². The molecule has 1 amide bonds. The number of aliphatic hydroxyl groups excluding tert-OH is 1. The Morgan fingerprint density at radius 1 is 1.25 bits per heavy atom. The predicted molar refractivity (Wildman–Crippen MR) is 113 cm³/mol. The first-order valence-electron chi connectivity index (χ1n) is 10.5. The standard InChI is InChI=1S/C24H24F3N3O2/c1-16-3-2-4-17(9-16)22(32)30-12-19-7-8-29(13-23(19,14-30)15-31)20-6-5-18(11-28)21(10-20)24(25,26)27/h2-6,9-10,19,31H,7-8,12-15H2,1H3/t19-,23+/m1/s1. The highest BCUT2D eigenvalue weighted by molar-refractivity contribution is 5.94. The molecule has 2 aromatic rings. The van der Waals surface area contributed by atoms with Gasteiger partial charge in [-0.3, -0.25) is 4.79 Å². The SMILES string of the molecule is Cc1cccc(C(=O)N2C[C@H]3CCN(c4ccc(C#N)c(C(F)(F)F)c4)C[C@@]3(CO)C2)c1. The van der Waals surface area contributed by atoms with Gasteiger partial charge in [-0.1, -0.05) is 17.7 Å². The Kier molecular flexibility index (Phi) is 5.63. The lowest BCUT2D eigenvalue weighted by Crippen LogP contribution is -2.51. The Balaban J connectivity index is 1.58. The predicted octanol–water partition coefficient (Wildman–Crippen LogP) is 3.85. The number of benzene rings is 2. The number of likely N-dealkylation sites (tertiary alicyclic amines) is 1. The van der Waals surface area contributed by atoms with Gasteiger partial charge in [0.2, 0.25) is 0 Å². The topological polar surface area (TPSA) is 67.6 Å². The fourth-order valence-corrected chi connectivity index (χ4v) is 5.01. The Morgan fingerprint density at radius 3 is 2.69 bits per heavy atom. The van der Waals surface area contributed by atoms with Crippen molar-refractivity contribution in [1.82, 2.24) is 4.90 Å². The molecule has 5 nitrogen and oxygen atoms in total. The third-order valence-corrected chi connectivity index (χ3v) is 6.73. The molecule has 2 aliphatic rings. The number of anilines is 1. The van der Waals surface area contributed by atoms with Crippen molar-refractivity contribution in [3.05, 3.63) is 64.7 Å². The fourth-order valence-electron chi connectivity index (χ4n) is 5.01. The normalized spacial score (nSPS) is 23.1. The number of hydrogen-bond donors (Lipinski definition) is 1. The molecule has 2 saturated heterocycles. The van der Waals surface area contributed by atoms with Crippen LogP contribution in [0.5, 0.6) is 0 Å². The summed E-state index contributed by atoms with van der Waals surface area (Å²) in [5.74, 6) is -0.0295. The summed E-state index contributed by atoms with van der Waals surface area (Å²) >= 11 is 0. The number of aryl methyl sites for hydroxylation is 1. The van der Waals surface area contributed by atoms with Gasteiger partial charge < -0.3 is 14.9 Å². The molecule has 2 aromatic carbocycles. The Labute approximate surface area is 184 Å². The highest BCUT2D eigenvalue weighted by atomic mass is 19.4. The van der Waals surface area contributed by atoms with Crippen LogP contribution in [-0.2, 0) is 6.18 Å². The molecule has 2 fully saturated rings. The molecule has 4 rings (SSSR count). The summed E-state index contributed by atoms with van der Waals surface area (Å²) in [5.41, 5.74) is -0.0353. The molecule has 0 bridgehead atoms. The Hall–Kier alpha value is -3.05. The van der Waals surface area contributed by atoms with E-state index in [2.05, 4.69) is 0 Å². The smallest absolute Gasteiger partial charge is 0.396 e. The molecule has 168 valence electrons. The van der Waals surface area contributed by atoms with Crippen LogP contribution < -0.4 is 4.90 Å². The van der Waals surface area contributed by atoms with Crippen LogP contribution in [0.2, 0.25) is 0 Å². The summed E-state index contributed by atoms with van der Waals surface area (Å²) in [4.78, 5) is 16.6. The molecule has 0 aliphatic carbocycles. The number of alkyl halides is 3. The third-order valence-electron chi connectivity index (χ3n) is 6.73. The fraction of sp³-hybridized carbons (Fsp3) is 0.417. The first kappa shape index (κ1) is 22.2. The molecule has 1 N–H and O–H groups in total. The third kappa shape index (κ3) is 3.93. The summed E-state index contributed by atoms with van der Waals surface area (Å²) in [6.07, 6.45) is -3.97. The van der Waals surface area contributed by atoms with Crippen molar-refractivity contribution < 1.29 is 23.1 Å². The number of carbonyl (C=O) groups excluding carboxylic acids is 1. The van der Waals surface area contributed by atoms with E-state index in [1.165, 1.54) is 12.1 Å². The minimum Gasteiger partial charge on any atom is -0.396 e. The van der Waals surface area contributed by atoms with E-state index < -0.39 is 22.7 Å². The maximum absolute atomic E-state index is 13.4. The molecule has 2 atom stereocenters. The van der Waals surface area contributed by atoms with E-state index in [1.807, 2.05) is 30.0 Å². The minimum atomic E-state index is -4.63. The maximum Gasteiger partial charge on any atom is 0.417 e. The van der Waals surface area contributed by atoms with Gasteiger partial charge in [0.05, 0.1) is 23.8 Å². The summed E-state index contributed by atoms with van der Waals surface area (Å²) in [7, 11) is 0. The largest absolute Gasteiger partial charge is 0.417 e. The van der Waals surface area contributed by atoms with Crippen LogP contribution in [0.25, 0.3) is 0 Å². The lowest BCUT2D eigenvalue weighted by Gasteiger charge is -2.44. The molecule has 8 heteroatoms. The van der Waals surface area contributed by atoms with Crippen LogP contribution in [0.1, 0.15) is 33.5 Å². The second-order valence-electron chi connectivity index (χ2n) is 8.82. The maximum atomic E-state index is 13.4. The summed E-state index contributed by atoms with van der Waals surface area (Å²) < 4.78 is 40.2. The van der Waals surface area contributed by atoms with Gasteiger partial charge >= 0.3 is 6.18 Å². The molecule has 0 radical (unpaired) electrons. The number of rotatable bonds is 3. The summed E-state index contributed by atoms with van der Waals surface area (Å²) in [5, 5.41) is 19.4. The number of nitrogens with zero attached hydrogens (tertiary/aromatic N) is 3. The second kappa shape index (κ2) is 8.14. The van der Waals surface area contributed by atoms with Gasteiger partial charge in [-0.2, -0.15) is 18.4 Å². The highest BCUT2D eigenvalue weighted by Crippen LogP contribution is 2.44. The zero-order chi connectivity index (χ0) is 23.1. The number of carbonyl (C=O) groups is 1. The Morgan fingerprint density at radius 2 is 2.03 bits per heavy atom. The van der Waals surface area contributed by atoms with Crippen molar-refractivity contribution in [1.29, 1.82) is 5.26 Å². The number of hydrogen-bond acceptors (Lipinski definition) is 4. The van der Waals surface area contributed by atoms with Gasteiger partial charge in [0.1, 0.15) is 0 Å². The number of halogens is 3. The summed E-state index contributed by atoms with van der Waals surface area (Å²) in [6.45, 7) is 3.48. The number of nitriles is 1. The van der Waals surface area contributed by atoms with Crippen LogP contribution >= 0.6 is 0 Å². The molecule has 32 heavy (non-hydrogen) atoms.